The Balaban J connectivity index is 2.39. The Morgan fingerprint density at radius 1 is 1.42 bits per heavy atom. The Hall–Kier alpha value is 0.0969. The van der Waals surface area contributed by atoms with Crippen molar-refractivity contribution in [2.24, 2.45) is 0 Å². The summed E-state index contributed by atoms with van der Waals surface area (Å²) in [5, 5.41) is 8.66. The molecule has 0 unspecified atom stereocenters. The van der Waals surface area contributed by atoms with E-state index in [2.05, 4.69) is 4.58 Å². The lowest BCUT2D eigenvalue weighted by Gasteiger charge is -2.24. The van der Waals surface area contributed by atoms with Crippen LogP contribution in [0.2, 0.25) is 19.1 Å². The third-order valence-electron chi connectivity index (χ3n) is 2.25. The van der Waals surface area contributed by atoms with Crippen LogP contribution in [-0.4, -0.2) is 25.8 Å². The van der Waals surface area contributed by atoms with Gasteiger partial charge in [0, 0.05) is 6.61 Å². The van der Waals surface area contributed by atoms with Crippen molar-refractivity contribution in [2.45, 2.75) is 44.5 Å². The molecule has 1 rings (SSSR count). The van der Waals surface area contributed by atoms with Crippen molar-refractivity contribution in [3.05, 3.63) is 0 Å². The van der Waals surface area contributed by atoms with Crippen LogP contribution >= 0.6 is 0 Å². The molecule has 0 aromatic heterocycles. The first kappa shape index (κ1) is 10.2. The first-order valence-electron chi connectivity index (χ1n) is 4.50. The van der Waals surface area contributed by atoms with Gasteiger partial charge < -0.3 is 4.74 Å². The minimum atomic E-state index is -1.86. The molecule has 0 aromatic carbocycles. The van der Waals surface area contributed by atoms with Crippen molar-refractivity contribution in [3.8, 4) is 0 Å². The van der Waals surface area contributed by atoms with Crippen molar-refractivity contribution < 1.29 is 14.6 Å². The fourth-order valence-electron chi connectivity index (χ4n) is 1.63. The van der Waals surface area contributed by atoms with Crippen molar-refractivity contribution in [2.75, 3.05) is 6.61 Å². The van der Waals surface area contributed by atoms with Crippen LogP contribution in [-0.2, 0) is 9.31 Å². The maximum absolute atomic E-state index is 8.66. The molecule has 0 aromatic rings. The zero-order chi connectivity index (χ0) is 9.24. The van der Waals surface area contributed by atoms with Gasteiger partial charge in [-0.05, 0) is 38.9 Å². The van der Waals surface area contributed by atoms with Gasteiger partial charge in [-0.15, -0.1) is 0 Å². The number of ether oxygens (including phenoxy) is 1. The van der Waals surface area contributed by atoms with E-state index >= 15 is 0 Å². The van der Waals surface area contributed by atoms with Crippen LogP contribution in [0.15, 0.2) is 0 Å². The molecule has 0 spiro atoms. The highest BCUT2D eigenvalue weighted by Gasteiger charge is 2.49. The molecule has 1 aliphatic rings. The molecule has 0 radical (unpaired) electrons. The summed E-state index contributed by atoms with van der Waals surface area (Å²) in [7, 11) is -1.86. The van der Waals surface area contributed by atoms with E-state index in [1.807, 2.05) is 20.0 Å². The fraction of sp³-hybridized carbons (Fsp3) is 1.00. The summed E-state index contributed by atoms with van der Waals surface area (Å²) in [5.41, 5.74) is 0.0627. The minimum Gasteiger partial charge on any atom is -0.375 e. The summed E-state index contributed by atoms with van der Waals surface area (Å²) >= 11 is 0. The van der Waals surface area contributed by atoms with Crippen molar-refractivity contribution in [1.29, 1.82) is 0 Å². The number of rotatable bonds is 5. The van der Waals surface area contributed by atoms with Gasteiger partial charge in [-0.2, -0.15) is 0 Å². The van der Waals surface area contributed by atoms with Crippen LogP contribution in [0.1, 0.15) is 19.8 Å². The van der Waals surface area contributed by atoms with E-state index in [0.717, 1.165) is 25.5 Å². The molecule has 0 amide bonds. The number of hydrogen-bond acceptors (Lipinski definition) is 3. The summed E-state index contributed by atoms with van der Waals surface area (Å²) in [6.45, 7) is 6.78. The van der Waals surface area contributed by atoms with Crippen molar-refractivity contribution in [3.63, 3.8) is 0 Å². The molecule has 0 atom stereocenters. The van der Waals surface area contributed by atoms with Crippen LogP contribution in [0, 0.1) is 0 Å². The average molecular weight is 190 g/mol. The predicted octanol–water partition coefficient (Wildman–Crippen LogP) is 2.25. The molecular weight excluding hydrogens is 172 g/mol. The Morgan fingerprint density at radius 3 is 2.33 bits per heavy atom. The first-order valence-corrected chi connectivity index (χ1v) is 7.62. The van der Waals surface area contributed by atoms with Crippen molar-refractivity contribution >= 4 is 8.32 Å². The average Bonchev–Trinajstić information content (AvgIpc) is 2.69. The monoisotopic (exact) mass is 190 g/mol. The molecule has 1 saturated carbocycles. The number of hydrogen-bond donors (Lipinski definition) is 1. The van der Waals surface area contributed by atoms with Gasteiger partial charge in [-0.25, -0.2) is 0 Å². The standard InChI is InChI=1S/C8H18O3Si/c1-4-10-8(5-6-8)7-12(2,3)11-9/h9H,4-7H2,1-3H3. The largest absolute Gasteiger partial charge is 0.375 e. The Kier molecular flexibility index (Phi) is 2.93. The summed E-state index contributed by atoms with van der Waals surface area (Å²) < 4.78 is 10.1. The second kappa shape index (κ2) is 3.45. The Labute approximate surface area is 74.7 Å². The van der Waals surface area contributed by atoms with Gasteiger partial charge in [-0.1, -0.05) is 0 Å². The van der Waals surface area contributed by atoms with E-state index in [0.29, 0.717) is 0 Å². The molecule has 0 aliphatic heterocycles. The van der Waals surface area contributed by atoms with Gasteiger partial charge >= 0.3 is 0 Å². The van der Waals surface area contributed by atoms with E-state index in [1.54, 1.807) is 0 Å². The SMILES string of the molecule is CCOC1(C[Si](C)(C)OO)CC1. The summed E-state index contributed by atoms with van der Waals surface area (Å²) in [6.07, 6.45) is 2.25. The summed E-state index contributed by atoms with van der Waals surface area (Å²) in [6, 6.07) is 0.907. The quantitative estimate of drug-likeness (QED) is 0.410. The van der Waals surface area contributed by atoms with Crippen LogP contribution in [0.4, 0.5) is 0 Å². The fourth-order valence-corrected chi connectivity index (χ4v) is 3.70. The van der Waals surface area contributed by atoms with Crippen LogP contribution in [0.3, 0.4) is 0 Å². The molecule has 72 valence electrons. The highest BCUT2D eigenvalue weighted by atomic mass is 28.4. The molecule has 3 nitrogen and oxygen atoms in total. The maximum atomic E-state index is 8.66. The molecule has 1 fully saturated rings. The van der Waals surface area contributed by atoms with E-state index in [-0.39, 0.29) is 5.60 Å². The zero-order valence-corrected chi connectivity index (χ0v) is 9.09. The van der Waals surface area contributed by atoms with Gasteiger partial charge in [0.1, 0.15) is 0 Å². The molecule has 4 heteroatoms. The molecule has 1 aliphatic carbocycles. The van der Waals surface area contributed by atoms with E-state index in [9.17, 15) is 0 Å². The Bertz CT molecular complexity index is 154. The van der Waals surface area contributed by atoms with Gasteiger partial charge in [0.25, 0.3) is 0 Å². The lowest BCUT2D eigenvalue weighted by molar-refractivity contribution is -0.152. The van der Waals surface area contributed by atoms with E-state index in [1.165, 1.54) is 0 Å². The Morgan fingerprint density at radius 2 is 2.00 bits per heavy atom. The lowest BCUT2D eigenvalue weighted by atomic mass is 10.4. The van der Waals surface area contributed by atoms with Crippen LogP contribution < -0.4 is 0 Å². The van der Waals surface area contributed by atoms with Crippen LogP contribution in [0.25, 0.3) is 0 Å². The third kappa shape index (κ3) is 2.55. The molecule has 0 bridgehead atoms. The van der Waals surface area contributed by atoms with E-state index in [4.69, 9.17) is 9.99 Å². The molecular formula is C8H18O3Si. The molecule has 1 N–H and O–H groups in total. The zero-order valence-electron chi connectivity index (χ0n) is 8.09. The maximum Gasteiger partial charge on any atom is 0.235 e. The smallest absolute Gasteiger partial charge is 0.235 e. The topological polar surface area (TPSA) is 38.7 Å². The highest BCUT2D eigenvalue weighted by molar-refractivity contribution is 6.71. The minimum absolute atomic E-state index is 0.0627. The van der Waals surface area contributed by atoms with Gasteiger partial charge in [0.2, 0.25) is 8.32 Å². The normalized spacial score (nSPS) is 21.0. The predicted molar refractivity (Wildman–Crippen MR) is 49.6 cm³/mol. The molecule has 0 heterocycles. The van der Waals surface area contributed by atoms with Crippen LogP contribution in [0.5, 0.6) is 0 Å². The summed E-state index contributed by atoms with van der Waals surface area (Å²) in [4.78, 5) is 0. The highest BCUT2D eigenvalue weighted by Crippen LogP contribution is 2.46. The van der Waals surface area contributed by atoms with E-state index < -0.39 is 8.32 Å². The summed E-state index contributed by atoms with van der Waals surface area (Å²) in [5.74, 6) is 0. The lowest BCUT2D eigenvalue weighted by Crippen LogP contribution is -2.35. The van der Waals surface area contributed by atoms with Gasteiger partial charge in [0.15, 0.2) is 0 Å². The first-order chi connectivity index (χ1) is 5.54. The third-order valence-corrected chi connectivity index (χ3v) is 4.24. The van der Waals surface area contributed by atoms with Gasteiger partial charge in [-0.3, -0.25) is 9.83 Å². The van der Waals surface area contributed by atoms with Crippen molar-refractivity contribution in [1.82, 2.24) is 0 Å². The second-order valence-electron chi connectivity index (χ2n) is 4.14. The van der Waals surface area contributed by atoms with Gasteiger partial charge in [0.05, 0.1) is 5.60 Å². The second-order valence-corrected chi connectivity index (χ2v) is 8.20. The molecule has 0 saturated heterocycles. The molecule has 12 heavy (non-hydrogen) atoms.